The van der Waals surface area contributed by atoms with E-state index in [0.717, 1.165) is 11.0 Å². The summed E-state index contributed by atoms with van der Waals surface area (Å²) in [4.78, 5) is 11.1. The van der Waals surface area contributed by atoms with Crippen molar-refractivity contribution in [2.45, 2.75) is 18.1 Å². The number of nitrogens with one attached hydrogen (secondary N) is 1. The van der Waals surface area contributed by atoms with Crippen LogP contribution in [0.25, 0.3) is 0 Å². The Kier molecular flexibility index (Phi) is 4.34. The molecule has 1 aromatic rings. The highest BCUT2D eigenvalue weighted by Crippen LogP contribution is 2.27. The van der Waals surface area contributed by atoms with Gasteiger partial charge in [-0.3, -0.25) is 0 Å². The van der Waals surface area contributed by atoms with E-state index in [9.17, 15) is 4.79 Å². The number of carbonyl (C=O) groups is 1. The Bertz CT molecular complexity index is 419. The summed E-state index contributed by atoms with van der Waals surface area (Å²) in [6.07, 6.45) is 2.49. The summed E-state index contributed by atoms with van der Waals surface area (Å²) in [6.45, 7) is 0.840. The average molecular weight is 316 g/mol. The fraction of sp³-hybridized carbons (Fsp3) is 0.417. The second-order valence-electron chi connectivity index (χ2n) is 4.01. The second-order valence-corrected chi connectivity index (χ2v) is 6.33. The maximum absolute atomic E-state index is 11.1. The van der Waals surface area contributed by atoms with Crippen LogP contribution in [0, 0.1) is 0 Å². The number of carboxylic acid groups (broad SMARTS) is 1. The van der Waals surface area contributed by atoms with Crippen LogP contribution in [0.2, 0.25) is 0 Å². The zero-order valence-electron chi connectivity index (χ0n) is 9.28. The van der Waals surface area contributed by atoms with Gasteiger partial charge in [0, 0.05) is 22.0 Å². The molecule has 5 heteroatoms. The first-order valence-electron chi connectivity index (χ1n) is 5.55. The van der Waals surface area contributed by atoms with Crippen molar-refractivity contribution < 1.29 is 9.90 Å². The van der Waals surface area contributed by atoms with Gasteiger partial charge in [0.15, 0.2) is 0 Å². The van der Waals surface area contributed by atoms with Gasteiger partial charge in [0.1, 0.15) is 0 Å². The lowest BCUT2D eigenvalue weighted by Crippen LogP contribution is -2.15. The van der Waals surface area contributed by atoms with E-state index in [0.29, 0.717) is 16.5 Å². The monoisotopic (exact) mass is 315 g/mol. The van der Waals surface area contributed by atoms with Crippen molar-refractivity contribution in [2.75, 3.05) is 17.6 Å². The van der Waals surface area contributed by atoms with Crippen LogP contribution < -0.4 is 5.32 Å². The molecule has 17 heavy (non-hydrogen) atoms. The SMILES string of the molecule is O=C(O)c1cc(Br)ccc1NCC1CCCS1. The number of halogens is 1. The molecule has 2 rings (SSSR count). The zero-order valence-corrected chi connectivity index (χ0v) is 11.7. The third kappa shape index (κ3) is 3.39. The van der Waals surface area contributed by atoms with Crippen molar-refractivity contribution >= 4 is 39.3 Å². The Morgan fingerprint density at radius 1 is 1.59 bits per heavy atom. The quantitative estimate of drug-likeness (QED) is 0.893. The molecular weight excluding hydrogens is 302 g/mol. The summed E-state index contributed by atoms with van der Waals surface area (Å²) < 4.78 is 0.788. The van der Waals surface area contributed by atoms with Crippen molar-refractivity contribution in [3.05, 3.63) is 28.2 Å². The third-order valence-corrected chi connectivity index (χ3v) is 4.65. The van der Waals surface area contributed by atoms with Crippen LogP contribution in [0.1, 0.15) is 23.2 Å². The molecule has 1 heterocycles. The number of hydrogen-bond acceptors (Lipinski definition) is 3. The van der Waals surface area contributed by atoms with E-state index in [1.54, 1.807) is 6.07 Å². The van der Waals surface area contributed by atoms with Gasteiger partial charge in [-0.05, 0) is 36.8 Å². The van der Waals surface area contributed by atoms with Gasteiger partial charge in [0.25, 0.3) is 0 Å². The second kappa shape index (κ2) is 5.78. The molecule has 0 aliphatic carbocycles. The molecule has 0 aromatic heterocycles. The van der Waals surface area contributed by atoms with Gasteiger partial charge in [0.05, 0.1) is 5.56 Å². The molecule has 0 radical (unpaired) electrons. The fourth-order valence-corrected chi connectivity index (χ4v) is 3.44. The first-order chi connectivity index (χ1) is 8.16. The molecule has 92 valence electrons. The Morgan fingerprint density at radius 3 is 3.06 bits per heavy atom. The zero-order chi connectivity index (χ0) is 12.3. The third-order valence-electron chi connectivity index (χ3n) is 2.76. The highest BCUT2D eigenvalue weighted by Gasteiger charge is 2.16. The fourth-order valence-electron chi connectivity index (χ4n) is 1.88. The summed E-state index contributed by atoms with van der Waals surface area (Å²) in [6, 6.07) is 5.30. The van der Waals surface area contributed by atoms with Crippen molar-refractivity contribution in [3.63, 3.8) is 0 Å². The van der Waals surface area contributed by atoms with Crippen LogP contribution in [0.4, 0.5) is 5.69 Å². The van der Waals surface area contributed by atoms with Gasteiger partial charge in [-0.2, -0.15) is 11.8 Å². The largest absolute Gasteiger partial charge is 0.478 e. The van der Waals surface area contributed by atoms with Gasteiger partial charge in [-0.25, -0.2) is 4.79 Å². The van der Waals surface area contributed by atoms with Crippen LogP contribution in [0.5, 0.6) is 0 Å². The number of rotatable bonds is 4. The maximum Gasteiger partial charge on any atom is 0.337 e. The van der Waals surface area contributed by atoms with Crippen molar-refractivity contribution in [1.29, 1.82) is 0 Å². The standard InChI is InChI=1S/C12H14BrNO2S/c13-8-3-4-11(10(6-8)12(15)16)14-7-9-2-1-5-17-9/h3-4,6,9,14H,1-2,5,7H2,(H,15,16). The Morgan fingerprint density at radius 2 is 2.41 bits per heavy atom. The van der Waals surface area contributed by atoms with E-state index < -0.39 is 5.97 Å². The molecule has 1 saturated heterocycles. The molecule has 1 aliphatic heterocycles. The summed E-state index contributed by atoms with van der Waals surface area (Å²) >= 11 is 5.25. The molecule has 1 aromatic carbocycles. The number of carboxylic acids is 1. The van der Waals surface area contributed by atoms with Crippen LogP contribution in [-0.4, -0.2) is 28.6 Å². The van der Waals surface area contributed by atoms with Gasteiger partial charge in [-0.1, -0.05) is 15.9 Å². The van der Waals surface area contributed by atoms with Crippen molar-refractivity contribution in [3.8, 4) is 0 Å². The van der Waals surface area contributed by atoms with E-state index in [2.05, 4.69) is 21.2 Å². The van der Waals surface area contributed by atoms with Gasteiger partial charge in [0.2, 0.25) is 0 Å². The highest BCUT2D eigenvalue weighted by atomic mass is 79.9. The van der Waals surface area contributed by atoms with Crippen molar-refractivity contribution in [2.24, 2.45) is 0 Å². The predicted molar refractivity (Wildman–Crippen MR) is 75.1 cm³/mol. The number of aromatic carboxylic acids is 1. The van der Waals surface area contributed by atoms with Gasteiger partial charge in [-0.15, -0.1) is 0 Å². The Labute approximate surface area is 113 Å². The first kappa shape index (κ1) is 12.8. The summed E-state index contributed by atoms with van der Waals surface area (Å²) in [5.41, 5.74) is 1.02. The number of thioether (sulfide) groups is 1. The van der Waals surface area contributed by atoms with E-state index >= 15 is 0 Å². The number of benzene rings is 1. The molecule has 1 unspecified atom stereocenters. The van der Waals surface area contributed by atoms with E-state index in [1.807, 2.05) is 23.9 Å². The predicted octanol–water partition coefficient (Wildman–Crippen LogP) is 3.45. The maximum atomic E-state index is 11.1. The lowest BCUT2D eigenvalue weighted by atomic mass is 10.1. The van der Waals surface area contributed by atoms with E-state index in [-0.39, 0.29) is 0 Å². The Balaban J connectivity index is 2.06. The first-order valence-corrected chi connectivity index (χ1v) is 7.39. The number of hydrogen-bond donors (Lipinski definition) is 2. The Hall–Kier alpha value is -0.680. The van der Waals surface area contributed by atoms with Crippen LogP contribution >= 0.6 is 27.7 Å². The molecule has 0 amide bonds. The van der Waals surface area contributed by atoms with Crippen LogP contribution in [-0.2, 0) is 0 Å². The van der Waals surface area contributed by atoms with Crippen LogP contribution in [0.3, 0.4) is 0 Å². The average Bonchev–Trinajstić information content (AvgIpc) is 2.80. The minimum Gasteiger partial charge on any atom is -0.478 e. The van der Waals surface area contributed by atoms with Gasteiger partial charge >= 0.3 is 5.97 Å². The summed E-state index contributed by atoms with van der Waals surface area (Å²) in [5, 5.41) is 13.0. The minimum absolute atomic E-state index is 0.322. The van der Waals surface area contributed by atoms with E-state index in [1.165, 1.54) is 18.6 Å². The molecule has 0 spiro atoms. The lowest BCUT2D eigenvalue weighted by molar-refractivity contribution is 0.0698. The smallest absolute Gasteiger partial charge is 0.337 e. The molecular formula is C12H14BrNO2S. The van der Waals surface area contributed by atoms with Crippen LogP contribution in [0.15, 0.2) is 22.7 Å². The lowest BCUT2D eigenvalue weighted by Gasteiger charge is -2.13. The molecule has 1 fully saturated rings. The summed E-state index contributed by atoms with van der Waals surface area (Å²) in [5.74, 6) is 0.325. The molecule has 2 N–H and O–H groups in total. The molecule has 1 atom stereocenters. The minimum atomic E-state index is -0.895. The molecule has 1 aliphatic rings. The van der Waals surface area contributed by atoms with Crippen molar-refractivity contribution in [1.82, 2.24) is 0 Å². The van der Waals surface area contributed by atoms with Gasteiger partial charge < -0.3 is 10.4 Å². The topological polar surface area (TPSA) is 49.3 Å². The highest BCUT2D eigenvalue weighted by molar-refractivity contribution is 9.10. The molecule has 0 bridgehead atoms. The molecule has 0 saturated carbocycles. The normalized spacial score (nSPS) is 19.2. The van der Waals surface area contributed by atoms with E-state index in [4.69, 9.17) is 5.11 Å². The molecule has 3 nitrogen and oxygen atoms in total. The summed E-state index contributed by atoms with van der Waals surface area (Å²) in [7, 11) is 0. The number of anilines is 1.